The number of aliphatic carboxylic acids is 1. The fourth-order valence-corrected chi connectivity index (χ4v) is 4.65. The zero-order chi connectivity index (χ0) is 20.7. The lowest BCUT2D eigenvalue weighted by Crippen LogP contribution is -2.44. The highest BCUT2D eigenvalue weighted by atomic mass is 16.4. The lowest BCUT2D eigenvalue weighted by molar-refractivity contribution is -0.137. The molecule has 8 heteroatoms. The molecule has 2 fully saturated rings. The van der Waals surface area contributed by atoms with E-state index in [9.17, 15) is 19.2 Å². The minimum absolute atomic E-state index is 0.225. The van der Waals surface area contributed by atoms with Crippen molar-refractivity contribution in [2.75, 3.05) is 0 Å². The van der Waals surface area contributed by atoms with Gasteiger partial charge in [-0.05, 0) is 61.6 Å². The minimum atomic E-state index is -0.743. The predicted molar refractivity (Wildman–Crippen MR) is 106 cm³/mol. The van der Waals surface area contributed by atoms with Gasteiger partial charge >= 0.3 is 11.7 Å². The standard InChI is InChI=1S/C21H25N3O5/c1-23-17-11-13(14-9-12(10-14)3-2-4-19(26)27)5-6-15(17)24(21(23)29)16-7-8-18(25)22-20(16)28/h5-6,11-12,14,16H,2-4,7-10H2,1H3,(H,26,27)(H,22,25,28). The summed E-state index contributed by atoms with van der Waals surface area (Å²) >= 11 is 0. The van der Waals surface area contributed by atoms with E-state index in [2.05, 4.69) is 5.32 Å². The molecule has 1 saturated carbocycles. The summed E-state index contributed by atoms with van der Waals surface area (Å²) in [5, 5.41) is 11.1. The summed E-state index contributed by atoms with van der Waals surface area (Å²) in [6, 6.07) is 5.27. The zero-order valence-electron chi connectivity index (χ0n) is 16.4. The van der Waals surface area contributed by atoms with Crippen LogP contribution in [0.4, 0.5) is 0 Å². The number of benzene rings is 1. The van der Waals surface area contributed by atoms with Crippen molar-refractivity contribution in [1.29, 1.82) is 0 Å². The molecule has 0 radical (unpaired) electrons. The number of amides is 2. The quantitative estimate of drug-likeness (QED) is 0.723. The average molecular weight is 399 g/mol. The Hall–Kier alpha value is -2.90. The van der Waals surface area contributed by atoms with Gasteiger partial charge in [0.2, 0.25) is 11.8 Å². The van der Waals surface area contributed by atoms with E-state index in [0.29, 0.717) is 23.8 Å². The molecule has 8 nitrogen and oxygen atoms in total. The average Bonchev–Trinajstić information content (AvgIpc) is 2.88. The van der Waals surface area contributed by atoms with Crippen LogP contribution in [-0.2, 0) is 21.4 Å². The molecule has 29 heavy (non-hydrogen) atoms. The number of nitrogens with zero attached hydrogens (tertiary/aromatic N) is 2. The number of nitrogens with one attached hydrogen (secondary N) is 1. The number of fused-ring (bicyclic) bond motifs is 1. The highest BCUT2D eigenvalue weighted by Gasteiger charge is 2.33. The molecular formula is C21H25N3O5. The normalized spacial score (nSPS) is 24.4. The Morgan fingerprint density at radius 3 is 2.66 bits per heavy atom. The highest BCUT2D eigenvalue weighted by molar-refractivity contribution is 6.00. The first-order valence-electron chi connectivity index (χ1n) is 10.1. The Kier molecular flexibility index (Phi) is 5.02. The second-order valence-corrected chi connectivity index (χ2v) is 8.25. The van der Waals surface area contributed by atoms with Crippen molar-refractivity contribution in [3.8, 4) is 0 Å². The smallest absolute Gasteiger partial charge is 0.329 e. The van der Waals surface area contributed by atoms with E-state index in [1.165, 1.54) is 10.1 Å². The highest BCUT2D eigenvalue weighted by Crippen LogP contribution is 2.44. The molecule has 154 valence electrons. The van der Waals surface area contributed by atoms with E-state index in [1.54, 1.807) is 11.6 Å². The summed E-state index contributed by atoms with van der Waals surface area (Å²) < 4.78 is 3.06. The molecule has 1 aliphatic carbocycles. The molecule has 0 bridgehead atoms. The van der Waals surface area contributed by atoms with Crippen LogP contribution in [0, 0.1) is 5.92 Å². The number of hydrogen-bond acceptors (Lipinski definition) is 4. The van der Waals surface area contributed by atoms with Crippen molar-refractivity contribution >= 4 is 28.8 Å². The summed E-state index contributed by atoms with van der Waals surface area (Å²) in [5.41, 5.74) is 2.40. The maximum absolute atomic E-state index is 12.8. The second kappa shape index (κ2) is 7.50. The van der Waals surface area contributed by atoms with Gasteiger partial charge in [-0.15, -0.1) is 0 Å². The number of carbonyl (C=O) groups is 3. The number of carboxylic acid groups (broad SMARTS) is 1. The van der Waals surface area contributed by atoms with Gasteiger partial charge in [-0.3, -0.25) is 28.8 Å². The SMILES string of the molecule is Cn1c(=O)n(C2CCC(=O)NC2=O)c2ccc(C3CC(CCCC(=O)O)C3)cc21. The summed E-state index contributed by atoms with van der Waals surface area (Å²) in [6.07, 6.45) is 4.50. The largest absolute Gasteiger partial charge is 0.481 e. The third-order valence-electron chi connectivity index (χ3n) is 6.35. The summed E-state index contributed by atoms with van der Waals surface area (Å²) in [5.74, 6) is -0.490. The zero-order valence-corrected chi connectivity index (χ0v) is 16.4. The van der Waals surface area contributed by atoms with Crippen LogP contribution in [0.3, 0.4) is 0 Å². The first-order valence-corrected chi connectivity index (χ1v) is 10.1. The molecule has 2 heterocycles. The molecule has 0 spiro atoms. The molecule has 1 unspecified atom stereocenters. The molecule has 1 aromatic carbocycles. The number of carbonyl (C=O) groups excluding carboxylic acids is 2. The molecule has 2 amide bonds. The van der Waals surface area contributed by atoms with Gasteiger partial charge in [-0.1, -0.05) is 6.07 Å². The molecule has 1 saturated heterocycles. The number of imidazole rings is 1. The number of aromatic nitrogens is 2. The minimum Gasteiger partial charge on any atom is -0.481 e. The molecule has 1 aromatic heterocycles. The predicted octanol–water partition coefficient (Wildman–Crippen LogP) is 2.07. The van der Waals surface area contributed by atoms with Crippen molar-refractivity contribution in [2.45, 2.75) is 56.9 Å². The van der Waals surface area contributed by atoms with Crippen LogP contribution >= 0.6 is 0 Å². The monoisotopic (exact) mass is 399 g/mol. The van der Waals surface area contributed by atoms with E-state index < -0.39 is 17.9 Å². The van der Waals surface area contributed by atoms with Gasteiger partial charge in [0.1, 0.15) is 6.04 Å². The van der Waals surface area contributed by atoms with Crippen molar-refractivity contribution in [2.24, 2.45) is 13.0 Å². The lowest BCUT2D eigenvalue weighted by atomic mass is 9.69. The van der Waals surface area contributed by atoms with Gasteiger partial charge in [0, 0.05) is 19.9 Å². The molecule has 1 atom stereocenters. The van der Waals surface area contributed by atoms with E-state index in [-0.39, 0.29) is 24.4 Å². The summed E-state index contributed by atoms with van der Waals surface area (Å²) in [6.45, 7) is 0. The van der Waals surface area contributed by atoms with Crippen molar-refractivity contribution in [3.63, 3.8) is 0 Å². The molecule has 1 aliphatic heterocycles. The molecule has 2 aliphatic rings. The fourth-order valence-electron chi connectivity index (χ4n) is 4.65. The lowest BCUT2D eigenvalue weighted by Gasteiger charge is -2.36. The number of aryl methyl sites for hydroxylation is 1. The number of piperidine rings is 1. The van der Waals surface area contributed by atoms with Gasteiger partial charge in [-0.25, -0.2) is 4.79 Å². The van der Waals surface area contributed by atoms with E-state index in [4.69, 9.17) is 5.11 Å². The van der Waals surface area contributed by atoms with Crippen molar-refractivity contribution in [1.82, 2.24) is 14.5 Å². The molecule has 2 N–H and O–H groups in total. The van der Waals surface area contributed by atoms with Gasteiger partial charge in [0.15, 0.2) is 0 Å². The Morgan fingerprint density at radius 1 is 1.21 bits per heavy atom. The first-order chi connectivity index (χ1) is 13.8. The van der Waals surface area contributed by atoms with Crippen LogP contribution in [0.2, 0.25) is 0 Å². The van der Waals surface area contributed by atoms with Crippen molar-refractivity contribution in [3.05, 3.63) is 34.2 Å². The molecule has 2 aromatic rings. The fraction of sp³-hybridized carbons (Fsp3) is 0.524. The number of imide groups is 1. The van der Waals surface area contributed by atoms with Gasteiger partial charge in [0.25, 0.3) is 0 Å². The maximum Gasteiger partial charge on any atom is 0.329 e. The van der Waals surface area contributed by atoms with Crippen LogP contribution in [0.15, 0.2) is 23.0 Å². The van der Waals surface area contributed by atoms with Gasteiger partial charge in [0.05, 0.1) is 11.0 Å². The van der Waals surface area contributed by atoms with Crippen LogP contribution in [0.1, 0.15) is 62.5 Å². The molecular weight excluding hydrogens is 374 g/mol. The van der Waals surface area contributed by atoms with E-state index in [0.717, 1.165) is 31.2 Å². The van der Waals surface area contributed by atoms with Gasteiger partial charge in [-0.2, -0.15) is 0 Å². The van der Waals surface area contributed by atoms with Crippen molar-refractivity contribution < 1.29 is 19.5 Å². The first kappa shape index (κ1) is 19.4. The van der Waals surface area contributed by atoms with Crippen LogP contribution in [-0.4, -0.2) is 32.0 Å². The Labute approximate surface area is 167 Å². The summed E-state index contributed by atoms with van der Waals surface area (Å²) in [4.78, 5) is 47.2. The van der Waals surface area contributed by atoms with Gasteiger partial charge < -0.3 is 5.11 Å². The van der Waals surface area contributed by atoms with E-state index in [1.807, 2.05) is 18.2 Å². The number of carboxylic acids is 1. The Morgan fingerprint density at radius 2 is 1.97 bits per heavy atom. The van der Waals surface area contributed by atoms with Crippen LogP contribution < -0.4 is 11.0 Å². The van der Waals surface area contributed by atoms with E-state index >= 15 is 0 Å². The number of hydrogen-bond donors (Lipinski definition) is 2. The topological polar surface area (TPSA) is 110 Å². The number of rotatable bonds is 6. The Balaban J connectivity index is 1.53. The summed E-state index contributed by atoms with van der Waals surface area (Å²) in [7, 11) is 1.70. The third kappa shape index (κ3) is 3.59. The maximum atomic E-state index is 12.8. The third-order valence-corrected chi connectivity index (χ3v) is 6.35. The van der Waals surface area contributed by atoms with Crippen LogP contribution in [0.5, 0.6) is 0 Å². The van der Waals surface area contributed by atoms with Crippen LogP contribution in [0.25, 0.3) is 11.0 Å². The molecule has 4 rings (SSSR count). The Bertz CT molecular complexity index is 1040. The second-order valence-electron chi connectivity index (χ2n) is 8.25.